The smallest absolute Gasteiger partial charge is 0.251 e. The first kappa shape index (κ1) is 17.6. The van der Waals surface area contributed by atoms with Gasteiger partial charge >= 0.3 is 0 Å². The lowest BCUT2D eigenvalue weighted by atomic mass is 10.1. The summed E-state index contributed by atoms with van der Waals surface area (Å²) < 4.78 is 12.9. The van der Waals surface area contributed by atoms with E-state index in [9.17, 15) is 14.0 Å². The van der Waals surface area contributed by atoms with Crippen molar-refractivity contribution in [3.05, 3.63) is 51.7 Å². The lowest BCUT2D eigenvalue weighted by molar-refractivity contribution is -0.117. The molecule has 1 aromatic heterocycles. The summed E-state index contributed by atoms with van der Waals surface area (Å²) in [6, 6.07) is 6.18. The molecule has 0 spiro atoms. The number of carbonyl (C=O) groups is 2. The second kappa shape index (κ2) is 7.33. The van der Waals surface area contributed by atoms with Crippen molar-refractivity contribution in [2.75, 3.05) is 18.9 Å². The summed E-state index contributed by atoms with van der Waals surface area (Å²) in [6.07, 6.45) is 2.79. The Balaban J connectivity index is 1.63. The zero-order valence-corrected chi connectivity index (χ0v) is 14.8. The molecule has 0 aliphatic heterocycles. The Hall–Kier alpha value is -2.25. The van der Waals surface area contributed by atoms with Gasteiger partial charge in [-0.3, -0.25) is 14.5 Å². The van der Waals surface area contributed by atoms with Crippen LogP contribution in [0.1, 0.15) is 32.8 Å². The Bertz CT molecular complexity index is 801. The van der Waals surface area contributed by atoms with E-state index in [2.05, 4.69) is 5.32 Å². The maximum atomic E-state index is 12.9. The van der Waals surface area contributed by atoms with E-state index < -0.39 is 5.91 Å². The topological polar surface area (TPSA) is 75.4 Å². The average Bonchev–Trinajstić information content (AvgIpc) is 3.09. The number of nitrogens with one attached hydrogen (secondary N) is 1. The number of carbonyl (C=O) groups excluding carboxylic acids is 2. The molecule has 7 heteroatoms. The molecule has 1 aromatic carbocycles. The molecule has 0 saturated carbocycles. The molecule has 2 aromatic rings. The van der Waals surface area contributed by atoms with Gasteiger partial charge in [0.1, 0.15) is 10.8 Å². The summed E-state index contributed by atoms with van der Waals surface area (Å²) in [5.74, 6) is -0.977. The molecule has 3 rings (SSSR count). The molecule has 1 heterocycles. The SMILES string of the molecule is CN(CC(=O)Nc1sc2c(c1C(N)=O)CCC2)Cc1ccc(F)cc1. The van der Waals surface area contributed by atoms with Crippen molar-refractivity contribution in [3.8, 4) is 0 Å². The van der Waals surface area contributed by atoms with Crippen molar-refractivity contribution in [1.82, 2.24) is 4.90 Å². The van der Waals surface area contributed by atoms with Crippen LogP contribution in [-0.2, 0) is 24.2 Å². The Morgan fingerprint density at radius 3 is 2.68 bits per heavy atom. The number of hydrogen-bond acceptors (Lipinski definition) is 4. The van der Waals surface area contributed by atoms with Crippen molar-refractivity contribution in [3.63, 3.8) is 0 Å². The van der Waals surface area contributed by atoms with Gasteiger partial charge in [-0.25, -0.2) is 4.39 Å². The van der Waals surface area contributed by atoms with Crippen LogP contribution >= 0.6 is 11.3 Å². The van der Waals surface area contributed by atoms with Crippen LogP contribution in [0.4, 0.5) is 9.39 Å². The number of halogens is 1. The van der Waals surface area contributed by atoms with Crippen LogP contribution < -0.4 is 11.1 Å². The lowest BCUT2D eigenvalue weighted by Crippen LogP contribution is -2.30. The van der Waals surface area contributed by atoms with E-state index >= 15 is 0 Å². The highest BCUT2D eigenvalue weighted by Gasteiger charge is 2.26. The maximum Gasteiger partial charge on any atom is 0.251 e. The highest BCUT2D eigenvalue weighted by Crippen LogP contribution is 2.38. The Labute approximate surface area is 149 Å². The predicted octanol–water partition coefficient (Wildman–Crippen LogP) is 2.55. The molecule has 2 amide bonds. The van der Waals surface area contributed by atoms with Gasteiger partial charge < -0.3 is 11.1 Å². The molecule has 0 radical (unpaired) electrons. The van der Waals surface area contributed by atoms with Gasteiger partial charge in [0.2, 0.25) is 5.91 Å². The van der Waals surface area contributed by atoms with Crippen LogP contribution in [0.3, 0.4) is 0 Å². The number of anilines is 1. The van der Waals surface area contributed by atoms with E-state index in [-0.39, 0.29) is 18.3 Å². The number of rotatable bonds is 6. The van der Waals surface area contributed by atoms with Gasteiger partial charge in [0.15, 0.2) is 0 Å². The number of amides is 2. The van der Waals surface area contributed by atoms with Gasteiger partial charge in [-0.2, -0.15) is 0 Å². The Morgan fingerprint density at radius 2 is 2.00 bits per heavy atom. The highest BCUT2D eigenvalue weighted by molar-refractivity contribution is 7.17. The molecule has 5 nitrogen and oxygen atoms in total. The number of nitrogens with zero attached hydrogens (tertiary/aromatic N) is 1. The molecule has 0 unspecified atom stereocenters. The second-order valence-corrected chi connectivity index (χ2v) is 7.38. The predicted molar refractivity (Wildman–Crippen MR) is 96.2 cm³/mol. The van der Waals surface area contributed by atoms with Gasteiger partial charge in [0.25, 0.3) is 5.91 Å². The zero-order chi connectivity index (χ0) is 18.0. The molecule has 1 aliphatic carbocycles. The summed E-state index contributed by atoms with van der Waals surface area (Å²) in [4.78, 5) is 27.0. The summed E-state index contributed by atoms with van der Waals surface area (Å²) in [7, 11) is 1.81. The van der Waals surface area contributed by atoms with Crippen LogP contribution in [0.15, 0.2) is 24.3 Å². The number of primary amides is 1. The monoisotopic (exact) mass is 361 g/mol. The van der Waals surface area contributed by atoms with Crippen molar-refractivity contribution in [2.24, 2.45) is 5.73 Å². The molecule has 132 valence electrons. The molecular weight excluding hydrogens is 341 g/mol. The third-order valence-electron chi connectivity index (χ3n) is 4.20. The molecule has 25 heavy (non-hydrogen) atoms. The zero-order valence-electron chi connectivity index (χ0n) is 14.0. The molecule has 0 bridgehead atoms. The number of hydrogen-bond donors (Lipinski definition) is 2. The first-order chi connectivity index (χ1) is 11.9. The van der Waals surface area contributed by atoms with E-state index in [0.29, 0.717) is 17.1 Å². The van der Waals surface area contributed by atoms with E-state index in [4.69, 9.17) is 5.73 Å². The fourth-order valence-electron chi connectivity index (χ4n) is 3.12. The number of nitrogens with two attached hydrogens (primary N) is 1. The van der Waals surface area contributed by atoms with Crippen molar-refractivity contribution in [1.29, 1.82) is 0 Å². The molecule has 0 atom stereocenters. The van der Waals surface area contributed by atoms with Crippen LogP contribution in [0, 0.1) is 5.82 Å². The van der Waals surface area contributed by atoms with Gasteiger partial charge in [-0.1, -0.05) is 12.1 Å². The molecule has 3 N–H and O–H groups in total. The van der Waals surface area contributed by atoms with Crippen molar-refractivity contribution >= 4 is 28.2 Å². The first-order valence-corrected chi connectivity index (χ1v) is 8.93. The standard InChI is InChI=1S/C18H20FN3O2S/c1-22(9-11-5-7-12(19)8-6-11)10-15(23)21-18-16(17(20)24)13-3-2-4-14(13)25-18/h5-8H,2-4,9-10H2,1H3,(H2,20,24)(H,21,23). The number of fused-ring (bicyclic) bond motifs is 1. The summed E-state index contributed by atoms with van der Waals surface area (Å²) >= 11 is 1.44. The van der Waals surface area contributed by atoms with Gasteiger partial charge in [0.05, 0.1) is 12.1 Å². The molecule has 0 fully saturated rings. The van der Waals surface area contributed by atoms with Crippen LogP contribution in [-0.4, -0.2) is 30.3 Å². The molecule has 0 saturated heterocycles. The third kappa shape index (κ3) is 4.05. The van der Waals surface area contributed by atoms with Gasteiger partial charge in [-0.15, -0.1) is 11.3 Å². The fraction of sp³-hybridized carbons (Fsp3) is 0.333. The van der Waals surface area contributed by atoms with E-state index in [0.717, 1.165) is 35.3 Å². The van der Waals surface area contributed by atoms with Crippen LogP contribution in [0.25, 0.3) is 0 Å². The highest BCUT2D eigenvalue weighted by atomic mass is 32.1. The Morgan fingerprint density at radius 1 is 1.28 bits per heavy atom. The number of thiophene rings is 1. The largest absolute Gasteiger partial charge is 0.365 e. The Kier molecular flexibility index (Phi) is 5.15. The molecular formula is C18H20FN3O2S. The maximum absolute atomic E-state index is 12.9. The second-order valence-electron chi connectivity index (χ2n) is 6.27. The minimum atomic E-state index is -0.491. The van der Waals surface area contributed by atoms with Crippen molar-refractivity contribution < 1.29 is 14.0 Å². The lowest BCUT2D eigenvalue weighted by Gasteiger charge is -2.16. The van der Waals surface area contributed by atoms with Crippen LogP contribution in [0.5, 0.6) is 0 Å². The van der Waals surface area contributed by atoms with E-state index in [1.165, 1.54) is 23.5 Å². The molecule has 1 aliphatic rings. The summed E-state index contributed by atoms with van der Waals surface area (Å²) in [6.45, 7) is 0.690. The number of aryl methyl sites for hydroxylation is 1. The quantitative estimate of drug-likeness (QED) is 0.830. The fourth-order valence-corrected chi connectivity index (χ4v) is 4.43. The van der Waals surface area contributed by atoms with Crippen molar-refractivity contribution in [2.45, 2.75) is 25.8 Å². The minimum absolute atomic E-state index is 0.165. The average molecular weight is 361 g/mol. The van der Waals surface area contributed by atoms with E-state index in [1.54, 1.807) is 12.1 Å². The number of likely N-dealkylation sites (N-methyl/N-ethyl adjacent to an activating group) is 1. The minimum Gasteiger partial charge on any atom is -0.365 e. The van der Waals surface area contributed by atoms with Gasteiger partial charge in [0, 0.05) is 11.4 Å². The van der Waals surface area contributed by atoms with Gasteiger partial charge in [-0.05, 0) is 49.6 Å². The summed E-state index contributed by atoms with van der Waals surface area (Å²) in [5.41, 5.74) is 7.88. The normalized spacial score (nSPS) is 13.1. The van der Waals surface area contributed by atoms with E-state index in [1.807, 2.05) is 11.9 Å². The first-order valence-electron chi connectivity index (χ1n) is 8.11. The third-order valence-corrected chi connectivity index (χ3v) is 5.41. The number of benzene rings is 1. The summed E-state index contributed by atoms with van der Waals surface area (Å²) in [5, 5.41) is 3.38. The van der Waals surface area contributed by atoms with Crippen LogP contribution in [0.2, 0.25) is 0 Å².